The Kier molecular flexibility index (Phi) is 6.40. The fourth-order valence-electron chi connectivity index (χ4n) is 5.01. The predicted octanol–water partition coefficient (Wildman–Crippen LogP) is 3.60. The minimum Gasteiger partial charge on any atom is -0.381 e. The number of nitrogens with zero attached hydrogens (tertiary/aromatic N) is 5. The molecule has 3 aromatic heterocycles. The van der Waals surface area contributed by atoms with Crippen LogP contribution in [0.3, 0.4) is 0 Å². The van der Waals surface area contributed by atoms with Gasteiger partial charge in [-0.3, -0.25) is 18.8 Å². The lowest BCUT2D eigenvalue weighted by atomic mass is 10.0. The Morgan fingerprint density at radius 3 is 2.66 bits per heavy atom. The van der Waals surface area contributed by atoms with E-state index in [2.05, 4.69) is 32.7 Å². The average Bonchev–Trinajstić information content (AvgIpc) is 3.49. The molecule has 1 unspecified atom stereocenters. The number of nitrogens with two attached hydrogens (primary N) is 1. The van der Waals surface area contributed by atoms with Gasteiger partial charge in [-0.05, 0) is 49.6 Å². The van der Waals surface area contributed by atoms with Crippen LogP contribution in [0.2, 0.25) is 0 Å². The van der Waals surface area contributed by atoms with Gasteiger partial charge < -0.3 is 16.4 Å². The van der Waals surface area contributed by atoms with Crippen molar-refractivity contribution in [2.75, 3.05) is 17.6 Å². The zero-order valence-electron chi connectivity index (χ0n) is 22.8. The zero-order valence-corrected chi connectivity index (χ0v) is 22.8. The van der Waals surface area contributed by atoms with Crippen molar-refractivity contribution in [3.8, 4) is 17.5 Å². The molecular weight excluding hydrogens is 516 g/mol. The van der Waals surface area contributed by atoms with Gasteiger partial charge in [-0.15, -0.1) is 5.10 Å². The summed E-state index contributed by atoms with van der Waals surface area (Å²) in [4.78, 5) is 27.7. The second-order valence-electron chi connectivity index (χ2n) is 9.85. The van der Waals surface area contributed by atoms with Crippen LogP contribution in [0.4, 0.5) is 11.6 Å². The van der Waals surface area contributed by atoms with Crippen LogP contribution >= 0.6 is 0 Å². The monoisotopic (exact) mass is 544 g/mol. The van der Waals surface area contributed by atoms with Crippen LogP contribution in [0.5, 0.6) is 0 Å². The van der Waals surface area contributed by atoms with Gasteiger partial charge >= 0.3 is 0 Å². The first-order valence-corrected chi connectivity index (χ1v) is 13.2. The summed E-state index contributed by atoms with van der Waals surface area (Å²) >= 11 is 0. The molecule has 1 amide bonds. The lowest BCUT2D eigenvalue weighted by Gasteiger charge is -2.21. The van der Waals surface area contributed by atoms with Crippen molar-refractivity contribution in [1.29, 1.82) is 0 Å². The van der Waals surface area contributed by atoms with E-state index in [1.807, 2.05) is 81.6 Å². The lowest BCUT2D eigenvalue weighted by Crippen LogP contribution is -2.33. The normalized spacial score (nSPS) is 12.8. The number of para-hydroxylation sites is 1. The van der Waals surface area contributed by atoms with Crippen LogP contribution < -0.4 is 21.9 Å². The molecule has 204 valence electrons. The van der Waals surface area contributed by atoms with Gasteiger partial charge in [0.2, 0.25) is 0 Å². The maximum absolute atomic E-state index is 14.2. The number of fused-ring (bicyclic) bond motifs is 2. The first-order chi connectivity index (χ1) is 19.8. The van der Waals surface area contributed by atoms with E-state index in [1.165, 1.54) is 0 Å². The number of carbonyl (C=O) groups is 1. The number of anilines is 2. The van der Waals surface area contributed by atoms with Crippen LogP contribution in [0, 0.1) is 18.8 Å². The SMILES string of the molecule is Cc1c(C#Cc2cccc3cc(C(C)NC(=O)c4c(N)nn5c4NCC=C5)n(-c4ccccc4)c(=O)c23)cnn1C. The van der Waals surface area contributed by atoms with E-state index >= 15 is 0 Å². The quantitative estimate of drug-likeness (QED) is 0.297. The zero-order chi connectivity index (χ0) is 28.7. The highest BCUT2D eigenvalue weighted by atomic mass is 16.2. The van der Waals surface area contributed by atoms with E-state index in [-0.39, 0.29) is 16.9 Å². The third-order valence-electron chi connectivity index (χ3n) is 7.25. The molecule has 0 bridgehead atoms. The Morgan fingerprint density at radius 1 is 1.12 bits per heavy atom. The number of amides is 1. The molecule has 0 aliphatic carbocycles. The molecule has 41 heavy (non-hydrogen) atoms. The molecule has 2 aromatic carbocycles. The number of hydrogen-bond donors (Lipinski definition) is 3. The number of aromatic nitrogens is 5. The van der Waals surface area contributed by atoms with Crippen molar-refractivity contribution in [1.82, 2.24) is 29.4 Å². The maximum Gasteiger partial charge on any atom is 0.264 e. The third-order valence-corrected chi connectivity index (χ3v) is 7.25. The van der Waals surface area contributed by atoms with Gasteiger partial charge in [-0.2, -0.15) is 5.10 Å². The highest BCUT2D eigenvalue weighted by Crippen LogP contribution is 2.27. The number of hydrogen-bond acceptors (Lipinski definition) is 6. The summed E-state index contributed by atoms with van der Waals surface area (Å²) < 4.78 is 4.94. The average molecular weight is 545 g/mol. The summed E-state index contributed by atoms with van der Waals surface area (Å²) in [5.41, 5.74) is 9.79. The molecule has 6 rings (SSSR count). The Balaban J connectivity index is 1.47. The van der Waals surface area contributed by atoms with E-state index in [4.69, 9.17) is 5.73 Å². The van der Waals surface area contributed by atoms with E-state index in [9.17, 15) is 9.59 Å². The first kappa shape index (κ1) is 25.7. The van der Waals surface area contributed by atoms with Gasteiger partial charge in [-0.1, -0.05) is 42.2 Å². The summed E-state index contributed by atoms with van der Waals surface area (Å²) in [6.45, 7) is 4.35. The fraction of sp³-hybridized carbons (Fsp3) is 0.161. The molecule has 0 saturated carbocycles. The molecule has 0 spiro atoms. The molecule has 0 fully saturated rings. The Hall–Kier alpha value is -5.56. The van der Waals surface area contributed by atoms with E-state index in [1.54, 1.807) is 26.3 Å². The van der Waals surface area contributed by atoms with Gasteiger partial charge in [0.25, 0.3) is 11.5 Å². The van der Waals surface area contributed by atoms with Crippen LogP contribution in [0.1, 0.15) is 45.8 Å². The number of benzene rings is 2. The standard InChI is InChI=1S/C31H28N8O2/c1-19(35-30(40)27-28(32)36-38-16-8-15-33-29(27)38)25-17-22-10-7-9-21(13-14-23-18-34-37(3)20(23)2)26(22)31(41)39(25)24-11-5-4-6-12-24/h4-12,16-19,33H,15H2,1-3H3,(H2,32,36)(H,35,40). The Bertz CT molecular complexity index is 1970. The number of nitrogen functional groups attached to an aromatic ring is 1. The van der Waals surface area contributed by atoms with E-state index < -0.39 is 11.9 Å². The Labute approximate surface area is 236 Å². The second kappa shape index (κ2) is 10.2. The molecule has 10 heteroatoms. The van der Waals surface area contributed by atoms with Gasteiger partial charge in [-0.25, -0.2) is 4.68 Å². The molecule has 1 atom stereocenters. The number of pyridine rings is 1. The molecule has 1 aliphatic rings. The number of nitrogens with one attached hydrogen (secondary N) is 2. The van der Waals surface area contributed by atoms with Gasteiger partial charge in [0.1, 0.15) is 11.4 Å². The third kappa shape index (κ3) is 4.53. The fourth-order valence-corrected chi connectivity index (χ4v) is 5.01. The molecule has 4 heterocycles. The summed E-state index contributed by atoms with van der Waals surface area (Å²) in [6.07, 6.45) is 5.36. The summed E-state index contributed by atoms with van der Waals surface area (Å²) in [7, 11) is 1.86. The Morgan fingerprint density at radius 2 is 1.90 bits per heavy atom. The van der Waals surface area contributed by atoms with Crippen molar-refractivity contribution in [2.24, 2.45) is 7.05 Å². The molecule has 1 aliphatic heterocycles. The largest absolute Gasteiger partial charge is 0.381 e. The van der Waals surface area contributed by atoms with Gasteiger partial charge in [0, 0.05) is 36.7 Å². The van der Waals surface area contributed by atoms with Crippen LogP contribution in [0.15, 0.2) is 71.7 Å². The van der Waals surface area contributed by atoms with Gasteiger partial charge in [0.05, 0.1) is 28.9 Å². The lowest BCUT2D eigenvalue weighted by molar-refractivity contribution is 0.0940. The summed E-state index contributed by atoms with van der Waals surface area (Å²) in [6, 6.07) is 16.3. The summed E-state index contributed by atoms with van der Waals surface area (Å²) in [5.74, 6) is 6.62. The van der Waals surface area contributed by atoms with Crippen molar-refractivity contribution in [3.63, 3.8) is 0 Å². The smallest absolute Gasteiger partial charge is 0.264 e. The van der Waals surface area contributed by atoms with Crippen molar-refractivity contribution in [2.45, 2.75) is 19.9 Å². The molecule has 10 nitrogen and oxygen atoms in total. The topological polar surface area (TPSA) is 125 Å². The number of aryl methyl sites for hydroxylation is 1. The second-order valence-corrected chi connectivity index (χ2v) is 9.85. The van der Waals surface area contributed by atoms with E-state index in [0.717, 1.165) is 16.6 Å². The van der Waals surface area contributed by atoms with Crippen molar-refractivity contribution >= 4 is 34.5 Å². The molecule has 0 radical (unpaired) electrons. The minimum atomic E-state index is -0.554. The minimum absolute atomic E-state index is 0.120. The van der Waals surface area contributed by atoms with Crippen molar-refractivity contribution in [3.05, 3.63) is 105 Å². The van der Waals surface area contributed by atoms with E-state index in [0.29, 0.717) is 34.7 Å². The van der Waals surface area contributed by atoms with Crippen LogP contribution in [0.25, 0.3) is 22.7 Å². The van der Waals surface area contributed by atoms with Crippen LogP contribution in [-0.2, 0) is 7.05 Å². The maximum atomic E-state index is 14.2. The molecule has 4 N–H and O–H groups in total. The molecule has 0 saturated heterocycles. The van der Waals surface area contributed by atoms with Gasteiger partial charge in [0.15, 0.2) is 5.82 Å². The number of carbonyl (C=O) groups excluding carboxylic acids is 1. The first-order valence-electron chi connectivity index (χ1n) is 13.2. The van der Waals surface area contributed by atoms with Crippen molar-refractivity contribution < 1.29 is 4.79 Å². The highest BCUT2D eigenvalue weighted by molar-refractivity contribution is 6.04. The molecule has 5 aromatic rings. The molecular formula is C31H28N8O2. The highest BCUT2D eigenvalue weighted by Gasteiger charge is 2.26. The predicted molar refractivity (Wildman–Crippen MR) is 160 cm³/mol. The number of rotatable bonds is 4. The summed E-state index contributed by atoms with van der Waals surface area (Å²) in [5, 5.41) is 15.9. The van der Waals surface area contributed by atoms with Crippen LogP contribution in [-0.4, -0.2) is 36.6 Å².